The van der Waals surface area contributed by atoms with E-state index < -0.39 is 5.97 Å². The van der Waals surface area contributed by atoms with Gasteiger partial charge in [-0.15, -0.1) is 0 Å². The van der Waals surface area contributed by atoms with E-state index in [1.807, 2.05) is 26.0 Å². The van der Waals surface area contributed by atoms with E-state index >= 15 is 0 Å². The Hall–Kier alpha value is -2.07. The van der Waals surface area contributed by atoms with Crippen molar-refractivity contribution >= 4 is 5.97 Å². The van der Waals surface area contributed by atoms with Crippen LogP contribution in [0.25, 0.3) is 0 Å². The third-order valence-electron chi connectivity index (χ3n) is 5.03. The fourth-order valence-electron chi connectivity index (χ4n) is 3.65. The third kappa shape index (κ3) is 6.34. The molecule has 0 aliphatic heterocycles. The maximum Gasteiger partial charge on any atom is 0.303 e. The summed E-state index contributed by atoms with van der Waals surface area (Å²) in [7, 11) is 0. The summed E-state index contributed by atoms with van der Waals surface area (Å²) in [5.41, 5.74) is 3.01. The van der Waals surface area contributed by atoms with Gasteiger partial charge in [0.15, 0.2) is 0 Å². The van der Waals surface area contributed by atoms with Gasteiger partial charge in [0.1, 0.15) is 0 Å². The van der Waals surface area contributed by atoms with E-state index in [-0.39, 0.29) is 6.10 Å². The highest BCUT2D eigenvalue weighted by Crippen LogP contribution is 2.32. The molecule has 1 aliphatic carbocycles. The lowest BCUT2D eigenvalue weighted by atomic mass is 9.89. The maximum absolute atomic E-state index is 10.1. The number of nitrogens with zero attached hydrogens (tertiary/aromatic N) is 1. The van der Waals surface area contributed by atoms with E-state index in [1.165, 1.54) is 24.0 Å². The average Bonchev–Trinajstić information content (AvgIpc) is 3.23. The first kappa shape index (κ1) is 20.2. The average molecular weight is 357 g/mol. The van der Waals surface area contributed by atoms with Crippen LogP contribution in [0.3, 0.4) is 0 Å². The van der Waals surface area contributed by atoms with Crippen LogP contribution in [0.1, 0.15) is 44.2 Å². The molecular formula is C22H31NO3. The van der Waals surface area contributed by atoms with Crippen LogP contribution in [0.15, 0.2) is 48.8 Å². The lowest BCUT2D eigenvalue weighted by molar-refractivity contribution is -0.137. The highest BCUT2D eigenvalue weighted by Gasteiger charge is 2.26. The summed E-state index contributed by atoms with van der Waals surface area (Å²) in [5.74, 6) is 0.307. The Labute approximate surface area is 156 Å². The minimum Gasteiger partial charge on any atom is -0.481 e. The van der Waals surface area contributed by atoms with Crippen LogP contribution in [-0.4, -0.2) is 26.9 Å². The van der Waals surface area contributed by atoms with E-state index in [4.69, 9.17) is 5.11 Å². The van der Waals surface area contributed by atoms with Gasteiger partial charge in [-0.25, -0.2) is 0 Å². The summed E-state index contributed by atoms with van der Waals surface area (Å²) in [4.78, 5) is 9.60. The van der Waals surface area contributed by atoms with Gasteiger partial charge in [-0.3, -0.25) is 4.79 Å². The van der Waals surface area contributed by atoms with Crippen LogP contribution in [-0.2, 0) is 24.2 Å². The standard InChI is InChI=1S/C18H23NO.C4H8O2/c1-14(20)18(13-19-8-4-5-9-19)12-15-10-16-6-2-3-7-17(16)11-15;1-2-3-4(5)6/h2-9,14-15,18,20H,10-13H2,1H3;2-3H2,1H3,(H,5,6)/t14-,18+;/m1./s1. The number of aliphatic hydroxyl groups is 1. The molecule has 2 aromatic rings. The molecule has 3 rings (SSSR count). The molecule has 0 spiro atoms. The van der Waals surface area contributed by atoms with Crippen molar-refractivity contribution in [3.63, 3.8) is 0 Å². The Balaban J connectivity index is 0.000000352. The van der Waals surface area contributed by atoms with Crippen molar-refractivity contribution in [2.45, 2.75) is 58.6 Å². The number of carboxylic acid groups (broad SMARTS) is 1. The highest BCUT2D eigenvalue weighted by molar-refractivity contribution is 5.66. The number of rotatable bonds is 7. The second-order valence-corrected chi connectivity index (χ2v) is 7.30. The molecule has 4 heteroatoms. The van der Waals surface area contributed by atoms with Crippen LogP contribution in [0.4, 0.5) is 0 Å². The summed E-state index contributed by atoms with van der Waals surface area (Å²) in [6.07, 6.45) is 8.38. The van der Waals surface area contributed by atoms with Crippen molar-refractivity contribution in [3.8, 4) is 0 Å². The summed E-state index contributed by atoms with van der Waals surface area (Å²) < 4.78 is 2.18. The van der Waals surface area contributed by atoms with E-state index in [0.717, 1.165) is 19.4 Å². The number of carboxylic acids is 1. The Bertz CT molecular complexity index is 639. The molecular weight excluding hydrogens is 326 g/mol. The Morgan fingerprint density at radius 1 is 1.15 bits per heavy atom. The van der Waals surface area contributed by atoms with Gasteiger partial charge < -0.3 is 14.8 Å². The van der Waals surface area contributed by atoms with Gasteiger partial charge in [-0.05, 0) is 61.8 Å². The molecule has 1 aromatic heterocycles. The molecule has 1 heterocycles. The minimum atomic E-state index is -0.711. The van der Waals surface area contributed by atoms with Crippen molar-refractivity contribution < 1.29 is 15.0 Å². The van der Waals surface area contributed by atoms with Gasteiger partial charge in [0.25, 0.3) is 0 Å². The second kappa shape index (κ2) is 10.2. The van der Waals surface area contributed by atoms with E-state index in [0.29, 0.717) is 18.3 Å². The fourth-order valence-corrected chi connectivity index (χ4v) is 3.65. The van der Waals surface area contributed by atoms with E-state index in [1.54, 1.807) is 0 Å². The van der Waals surface area contributed by atoms with Crippen LogP contribution >= 0.6 is 0 Å². The van der Waals surface area contributed by atoms with Gasteiger partial charge in [0, 0.05) is 31.3 Å². The van der Waals surface area contributed by atoms with Crippen LogP contribution in [0, 0.1) is 11.8 Å². The van der Waals surface area contributed by atoms with Gasteiger partial charge in [0.05, 0.1) is 6.10 Å². The van der Waals surface area contributed by atoms with Crippen LogP contribution < -0.4 is 0 Å². The van der Waals surface area contributed by atoms with Crippen molar-refractivity contribution in [1.82, 2.24) is 4.57 Å². The monoisotopic (exact) mass is 357 g/mol. The number of aliphatic carboxylic acids is 1. The number of benzene rings is 1. The zero-order chi connectivity index (χ0) is 18.9. The Kier molecular flexibility index (Phi) is 7.92. The maximum atomic E-state index is 10.1. The number of aromatic nitrogens is 1. The molecule has 2 atom stereocenters. The number of fused-ring (bicyclic) bond motifs is 1. The third-order valence-corrected chi connectivity index (χ3v) is 5.03. The molecule has 0 bridgehead atoms. The molecule has 0 unspecified atom stereocenters. The smallest absolute Gasteiger partial charge is 0.303 e. The minimum absolute atomic E-state index is 0.249. The summed E-state index contributed by atoms with van der Waals surface area (Å²) in [5, 5.41) is 18.0. The van der Waals surface area contributed by atoms with Crippen LogP contribution in [0.2, 0.25) is 0 Å². The SMILES string of the molecule is CCCC(=O)O.C[C@@H](O)[C@@H](CC1Cc2ccccc2C1)Cn1cccc1. The summed E-state index contributed by atoms with van der Waals surface area (Å²) in [6.45, 7) is 4.68. The first-order chi connectivity index (χ1) is 12.5. The van der Waals surface area contributed by atoms with Gasteiger partial charge >= 0.3 is 5.97 Å². The predicted octanol–water partition coefficient (Wildman–Crippen LogP) is 4.16. The van der Waals surface area contributed by atoms with Crippen molar-refractivity contribution in [1.29, 1.82) is 0 Å². The van der Waals surface area contributed by atoms with Crippen molar-refractivity contribution in [3.05, 3.63) is 59.9 Å². The fraction of sp³-hybridized carbons (Fsp3) is 0.500. The van der Waals surface area contributed by atoms with Crippen molar-refractivity contribution in [2.75, 3.05) is 0 Å². The molecule has 26 heavy (non-hydrogen) atoms. The lowest BCUT2D eigenvalue weighted by Crippen LogP contribution is -2.25. The zero-order valence-electron chi connectivity index (χ0n) is 15.8. The molecule has 0 saturated carbocycles. The second-order valence-electron chi connectivity index (χ2n) is 7.30. The molecule has 1 aromatic carbocycles. The van der Waals surface area contributed by atoms with Gasteiger partial charge in [-0.1, -0.05) is 31.2 Å². The largest absolute Gasteiger partial charge is 0.481 e. The zero-order valence-corrected chi connectivity index (χ0v) is 15.8. The molecule has 4 nitrogen and oxygen atoms in total. The summed E-state index contributed by atoms with van der Waals surface area (Å²) in [6, 6.07) is 12.9. The molecule has 0 radical (unpaired) electrons. The normalized spacial score (nSPS) is 15.7. The predicted molar refractivity (Wildman–Crippen MR) is 104 cm³/mol. The Morgan fingerprint density at radius 3 is 2.15 bits per heavy atom. The molecule has 0 amide bonds. The molecule has 0 fully saturated rings. The highest BCUT2D eigenvalue weighted by atomic mass is 16.4. The van der Waals surface area contributed by atoms with Gasteiger partial charge in [0.2, 0.25) is 0 Å². The summed E-state index contributed by atoms with van der Waals surface area (Å²) >= 11 is 0. The number of aliphatic hydroxyl groups excluding tert-OH is 1. The molecule has 142 valence electrons. The van der Waals surface area contributed by atoms with Crippen LogP contribution in [0.5, 0.6) is 0 Å². The topological polar surface area (TPSA) is 62.5 Å². The van der Waals surface area contributed by atoms with Crippen molar-refractivity contribution in [2.24, 2.45) is 11.8 Å². The van der Waals surface area contributed by atoms with E-state index in [9.17, 15) is 9.90 Å². The number of hydrogen-bond donors (Lipinski definition) is 2. The molecule has 2 N–H and O–H groups in total. The lowest BCUT2D eigenvalue weighted by Gasteiger charge is -2.23. The first-order valence-electron chi connectivity index (χ1n) is 9.57. The first-order valence-corrected chi connectivity index (χ1v) is 9.57. The van der Waals surface area contributed by atoms with Gasteiger partial charge in [-0.2, -0.15) is 0 Å². The number of carbonyl (C=O) groups is 1. The molecule has 1 aliphatic rings. The Morgan fingerprint density at radius 2 is 1.73 bits per heavy atom. The molecule has 0 saturated heterocycles. The number of hydrogen-bond acceptors (Lipinski definition) is 2. The van der Waals surface area contributed by atoms with E-state index in [2.05, 4.69) is 41.2 Å². The quantitative estimate of drug-likeness (QED) is 0.782.